The Morgan fingerprint density at radius 2 is 1.45 bits per heavy atom. The van der Waals surface area contributed by atoms with Gasteiger partial charge >= 0.3 is 5.97 Å². The topological polar surface area (TPSA) is 83.8 Å². The number of carbonyl (C=O) groups excluding carboxylic acids is 2. The maximum atomic E-state index is 13.0. The summed E-state index contributed by atoms with van der Waals surface area (Å²) in [6, 6.07) is 18.2. The lowest BCUT2D eigenvalue weighted by Crippen LogP contribution is -2.43. The van der Waals surface area contributed by atoms with E-state index in [1.54, 1.807) is 24.3 Å². The average molecular weight is 394 g/mol. The summed E-state index contributed by atoms with van der Waals surface area (Å²) in [5.74, 6) is -3.01. The summed E-state index contributed by atoms with van der Waals surface area (Å²) in [5, 5.41) is 21.5. The molecule has 0 saturated heterocycles. The number of ketones is 1. The van der Waals surface area contributed by atoms with Gasteiger partial charge in [-0.3, -0.25) is 4.79 Å². The fourth-order valence-electron chi connectivity index (χ4n) is 3.98. The molecule has 0 saturated carbocycles. The predicted octanol–water partition coefficient (Wildman–Crippen LogP) is 4.25. The molecule has 2 aromatic carbocycles. The Morgan fingerprint density at radius 1 is 0.897 bits per heavy atom. The zero-order valence-corrected chi connectivity index (χ0v) is 16.6. The van der Waals surface area contributed by atoms with Gasteiger partial charge in [-0.1, -0.05) is 74.5 Å². The summed E-state index contributed by atoms with van der Waals surface area (Å²) in [5.41, 5.74) is 1.45. The van der Waals surface area contributed by atoms with Crippen molar-refractivity contribution in [3.63, 3.8) is 0 Å². The molecule has 0 bridgehead atoms. The number of Topliss-reactive ketones (excluding diaryl/α,β-unsaturated/α-hetero) is 1. The molecule has 1 aliphatic heterocycles. The van der Waals surface area contributed by atoms with E-state index in [0.717, 1.165) is 5.56 Å². The summed E-state index contributed by atoms with van der Waals surface area (Å²) in [6.45, 7) is 3.70. The van der Waals surface area contributed by atoms with Crippen LogP contribution in [0.2, 0.25) is 0 Å². The van der Waals surface area contributed by atoms with Gasteiger partial charge in [0.1, 0.15) is 0 Å². The Morgan fingerprint density at radius 3 is 1.97 bits per heavy atom. The van der Waals surface area contributed by atoms with Crippen LogP contribution in [0.5, 0.6) is 0 Å². The van der Waals surface area contributed by atoms with E-state index < -0.39 is 41.6 Å². The SMILES string of the molecule is CCC(C1=C(O)C(=O)[C@@H](C(CC)[C@H](O)c2ccccc2)OC1=O)c1ccccc1. The van der Waals surface area contributed by atoms with E-state index >= 15 is 0 Å². The molecule has 2 N–H and O–H groups in total. The van der Waals surface area contributed by atoms with Crippen molar-refractivity contribution >= 4 is 11.8 Å². The van der Waals surface area contributed by atoms with E-state index in [4.69, 9.17) is 4.74 Å². The maximum absolute atomic E-state index is 13.0. The summed E-state index contributed by atoms with van der Waals surface area (Å²) in [7, 11) is 0. The highest BCUT2D eigenvalue weighted by molar-refractivity contribution is 6.09. The van der Waals surface area contributed by atoms with Crippen LogP contribution in [0.25, 0.3) is 0 Å². The molecule has 0 amide bonds. The minimum absolute atomic E-state index is 0.0102. The quantitative estimate of drug-likeness (QED) is 0.686. The highest BCUT2D eigenvalue weighted by Gasteiger charge is 2.45. The second-order valence-corrected chi connectivity index (χ2v) is 7.25. The number of aliphatic hydroxyl groups excluding tert-OH is 2. The van der Waals surface area contributed by atoms with Gasteiger partial charge in [0, 0.05) is 11.8 Å². The van der Waals surface area contributed by atoms with Crippen LogP contribution in [0, 0.1) is 5.92 Å². The lowest BCUT2D eigenvalue weighted by atomic mass is 9.81. The number of hydrogen-bond donors (Lipinski definition) is 2. The zero-order chi connectivity index (χ0) is 21.0. The van der Waals surface area contributed by atoms with Gasteiger partial charge in [0.05, 0.1) is 11.7 Å². The first kappa shape index (κ1) is 20.8. The number of ether oxygens (including phenoxy) is 1. The Hall–Kier alpha value is -2.92. The van der Waals surface area contributed by atoms with Crippen LogP contribution in [0.4, 0.5) is 0 Å². The van der Waals surface area contributed by atoms with Crippen molar-refractivity contribution in [2.45, 2.75) is 44.8 Å². The zero-order valence-electron chi connectivity index (χ0n) is 16.6. The average Bonchev–Trinajstić information content (AvgIpc) is 2.76. The number of hydrogen-bond acceptors (Lipinski definition) is 5. The highest BCUT2D eigenvalue weighted by Crippen LogP contribution is 2.38. The van der Waals surface area contributed by atoms with Gasteiger partial charge in [0.15, 0.2) is 11.9 Å². The lowest BCUT2D eigenvalue weighted by Gasteiger charge is -2.33. The fraction of sp³-hybridized carbons (Fsp3) is 0.333. The second kappa shape index (κ2) is 9.05. The van der Waals surface area contributed by atoms with Crippen LogP contribution in [-0.2, 0) is 14.3 Å². The van der Waals surface area contributed by atoms with Gasteiger partial charge in [-0.15, -0.1) is 0 Å². The van der Waals surface area contributed by atoms with Crippen LogP contribution in [0.15, 0.2) is 72.0 Å². The molecule has 2 unspecified atom stereocenters. The summed E-state index contributed by atoms with van der Waals surface area (Å²) >= 11 is 0. The van der Waals surface area contributed by atoms with E-state index in [2.05, 4.69) is 0 Å². The number of benzene rings is 2. The molecule has 5 heteroatoms. The minimum atomic E-state index is -1.22. The van der Waals surface area contributed by atoms with Crippen molar-refractivity contribution in [3.05, 3.63) is 83.1 Å². The minimum Gasteiger partial charge on any atom is -0.504 e. The number of carbonyl (C=O) groups is 2. The first-order valence-corrected chi connectivity index (χ1v) is 9.95. The molecular weight excluding hydrogens is 368 g/mol. The number of cyclic esters (lactones) is 1. The van der Waals surface area contributed by atoms with Gasteiger partial charge in [0.2, 0.25) is 5.78 Å². The van der Waals surface area contributed by atoms with Crippen LogP contribution in [0.3, 0.4) is 0 Å². The van der Waals surface area contributed by atoms with Crippen molar-refractivity contribution in [2.24, 2.45) is 5.92 Å². The third-order valence-corrected chi connectivity index (χ3v) is 5.57. The molecule has 1 aliphatic rings. The smallest absolute Gasteiger partial charge is 0.339 e. The standard InChI is InChI=1S/C24H26O5/c1-3-17(15-11-7-5-8-12-15)19-21(26)22(27)23(29-24(19)28)18(4-2)20(25)16-13-9-6-10-14-16/h5-14,17-18,20,23,25-26H,3-4H2,1-2H3/t17?,18?,20-,23-/m1/s1. The van der Waals surface area contributed by atoms with E-state index in [9.17, 15) is 19.8 Å². The maximum Gasteiger partial charge on any atom is 0.339 e. The van der Waals surface area contributed by atoms with Crippen LogP contribution >= 0.6 is 0 Å². The van der Waals surface area contributed by atoms with Crippen molar-refractivity contribution in [3.8, 4) is 0 Å². The molecule has 5 nitrogen and oxygen atoms in total. The van der Waals surface area contributed by atoms with E-state index in [0.29, 0.717) is 18.4 Å². The third-order valence-electron chi connectivity index (χ3n) is 5.57. The van der Waals surface area contributed by atoms with E-state index in [1.165, 1.54) is 0 Å². The molecule has 3 rings (SSSR count). The lowest BCUT2D eigenvalue weighted by molar-refractivity contribution is -0.161. The van der Waals surface area contributed by atoms with E-state index in [1.807, 2.05) is 50.2 Å². The third kappa shape index (κ3) is 4.10. The van der Waals surface area contributed by atoms with Gasteiger partial charge in [0.25, 0.3) is 0 Å². The first-order chi connectivity index (χ1) is 14.0. The molecular formula is C24H26O5. The molecule has 0 aromatic heterocycles. The largest absolute Gasteiger partial charge is 0.504 e. The Balaban J connectivity index is 1.94. The van der Waals surface area contributed by atoms with Gasteiger partial charge in [-0.25, -0.2) is 4.79 Å². The van der Waals surface area contributed by atoms with E-state index in [-0.39, 0.29) is 5.57 Å². The van der Waals surface area contributed by atoms with Crippen molar-refractivity contribution in [2.75, 3.05) is 0 Å². The molecule has 29 heavy (non-hydrogen) atoms. The molecule has 0 spiro atoms. The molecule has 1 heterocycles. The Kier molecular flexibility index (Phi) is 6.49. The summed E-state index contributed by atoms with van der Waals surface area (Å²) in [6.07, 6.45) is -1.29. The van der Waals surface area contributed by atoms with Gasteiger partial charge < -0.3 is 14.9 Å². The summed E-state index contributed by atoms with van der Waals surface area (Å²) in [4.78, 5) is 25.8. The van der Waals surface area contributed by atoms with Crippen molar-refractivity contribution in [1.29, 1.82) is 0 Å². The molecule has 0 fully saturated rings. The van der Waals surface area contributed by atoms with Crippen molar-refractivity contribution in [1.82, 2.24) is 0 Å². The van der Waals surface area contributed by atoms with Gasteiger partial charge in [-0.05, 0) is 24.0 Å². The van der Waals surface area contributed by atoms with Crippen LogP contribution in [0.1, 0.15) is 49.8 Å². The molecule has 4 atom stereocenters. The van der Waals surface area contributed by atoms with Crippen molar-refractivity contribution < 1.29 is 24.5 Å². The molecule has 0 radical (unpaired) electrons. The second-order valence-electron chi connectivity index (χ2n) is 7.25. The first-order valence-electron chi connectivity index (χ1n) is 9.95. The number of esters is 1. The number of aliphatic hydroxyl groups is 2. The fourth-order valence-corrected chi connectivity index (χ4v) is 3.98. The van der Waals surface area contributed by atoms with Crippen LogP contribution < -0.4 is 0 Å². The molecule has 2 aromatic rings. The normalized spacial score (nSPS) is 20.2. The highest BCUT2D eigenvalue weighted by atomic mass is 16.6. The molecule has 152 valence electrons. The van der Waals surface area contributed by atoms with Crippen LogP contribution in [-0.4, -0.2) is 28.1 Å². The Labute approximate surface area is 170 Å². The predicted molar refractivity (Wildman–Crippen MR) is 109 cm³/mol. The van der Waals surface area contributed by atoms with Gasteiger partial charge in [-0.2, -0.15) is 0 Å². The monoisotopic (exact) mass is 394 g/mol. The Bertz CT molecular complexity index is 888. The molecule has 0 aliphatic carbocycles. The summed E-state index contributed by atoms with van der Waals surface area (Å²) < 4.78 is 5.52. The number of rotatable bonds is 7.